The second-order valence-electron chi connectivity index (χ2n) is 9.55. The smallest absolute Gasteiger partial charge is 0.217 e. The number of rotatable bonds is 8. The zero-order valence-electron chi connectivity index (χ0n) is 20.6. The lowest BCUT2D eigenvalue weighted by Gasteiger charge is -2.35. The van der Waals surface area contributed by atoms with Crippen LogP contribution >= 0.6 is 0 Å². The second-order valence-corrected chi connectivity index (χ2v) is 9.55. The first-order valence-electron chi connectivity index (χ1n) is 12.0. The third-order valence-electron chi connectivity index (χ3n) is 6.69. The third-order valence-corrected chi connectivity index (χ3v) is 6.69. The molecule has 1 amide bonds. The van der Waals surface area contributed by atoms with E-state index in [1.165, 1.54) is 12.5 Å². The molecule has 1 aromatic heterocycles. The van der Waals surface area contributed by atoms with Crippen LogP contribution in [0.1, 0.15) is 54.0 Å². The Labute approximate surface area is 208 Å². The van der Waals surface area contributed by atoms with Gasteiger partial charge in [0.2, 0.25) is 5.91 Å². The number of nitrogens with zero attached hydrogens (tertiary/aromatic N) is 1. The molecule has 2 atom stereocenters. The first-order chi connectivity index (χ1) is 17.0. The average molecular weight is 500 g/mol. The molecule has 0 radical (unpaired) electrons. The summed E-state index contributed by atoms with van der Waals surface area (Å²) in [6.07, 6.45) is 2.46. The molecule has 0 saturated carbocycles. The van der Waals surface area contributed by atoms with Crippen LogP contribution in [0.5, 0.6) is 0 Å². The van der Waals surface area contributed by atoms with Crippen LogP contribution in [0.3, 0.4) is 0 Å². The Hall–Kier alpha value is -3.14. The van der Waals surface area contributed by atoms with E-state index in [0.29, 0.717) is 0 Å². The van der Waals surface area contributed by atoms with Crippen LogP contribution in [0.4, 0.5) is 8.78 Å². The van der Waals surface area contributed by atoms with E-state index in [0.717, 1.165) is 65.6 Å². The maximum Gasteiger partial charge on any atom is 0.217 e. The standard InChI is InChI=1S/C27H31F2N3O4/c1-15-26(16(2)36-32-15)20-8-7-19-5-4-6-24(23(19)12-20)30-14-27(34,35)25(31-17(3)33)11-18-9-21(28)13-22(29)10-18/h7-10,12-13,24-25,30,34-35H,4-6,11,14H2,1-3H3,(H,31,33)/t24?,25-/m0/s1. The van der Waals surface area contributed by atoms with Gasteiger partial charge in [0.1, 0.15) is 17.4 Å². The van der Waals surface area contributed by atoms with Crippen molar-refractivity contribution in [1.29, 1.82) is 0 Å². The topological polar surface area (TPSA) is 108 Å². The summed E-state index contributed by atoms with van der Waals surface area (Å²) >= 11 is 0. The SMILES string of the molecule is CC(=O)N[C@@H](Cc1cc(F)cc(F)c1)C(O)(O)CNC1CCCc2ccc(-c3c(C)noc3C)cc21. The Morgan fingerprint density at radius 2 is 1.92 bits per heavy atom. The Morgan fingerprint density at radius 1 is 1.19 bits per heavy atom. The van der Waals surface area contributed by atoms with E-state index in [-0.39, 0.29) is 24.6 Å². The quantitative estimate of drug-likeness (QED) is 0.353. The minimum atomic E-state index is -2.38. The molecule has 1 aliphatic rings. The number of hydrogen-bond donors (Lipinski definition) is 4. The minimum Gasteiger partial charge on any atom is -0.363 e. The molecule has 2 aromatic carbocycles. The molecule has 4 N–H and O–H groups in total. The van der Waals surface area contributed by atoms with Gasteiger partial charge in [-0.15, -0.1) is 0 Å². The van der Waals surface area contributed by atoms with Gasteiger partial charge >= 0.3 is 0 Å². The predicted octanol–water partition coefficient (Wildman–Crippen LogP) is 3.63. The van der Waals surface area contributed by atoms with Crippen LogP contribution in [0.15, 0.2) is 40.9 Å². The molecule has 0 saturated heterocycles. The van der Waals surface area contributed by atoms with Gasteiger partial charge in [0.05, 0.1) is 18.3 Å². The van der Waals surface area contributed by atoms with Gasteiger partial charge in [0.15, 0.2) is 5.79 Å². The maximum absolute atomic E-state index is 13.7. The molecule has 1 aliphatic carbocycles. The molecule has 0 aliphatic heterocycles. The number of carbonyl (C=O) groups is 1. The van der Waals surface area contributed by atoms with E-state index >= 15 is 0 Å². The Balaban J connectivity index is 1.54. The number of aryl methyl sites for hydroxylation is 3. The fourth-order valence-corrected chi connectivity index (χ4v) is 5.00. The molecule has 0 bridgehead atoms. The second kappa shape index (κ2) is 10.5. The number of aromatic nitrogens is 1. The van der Waals surface area contributed by atoms with Crippen molar-refractivity contribution in [2.75, 3.05) is 6.54 Å². The van der Waals surface area contributed by atoms with Crippen molar-refractivity contribution in [3.8, 4) is 11.1 Å². The summed E-state index contributed by atoms with van der Waals surface area (Å²) < 4.78 is 32.7. The van der Waals surface area contributed by atoms with Crippen LogP contribution in [0, 0.1) is 25.5 Å². The summed E-state index contributed by atoms with van der Waals surface area (Å²) in [5.41, 5.74) is 5.13. The van der Waals surface area contributed by atoms with Gasteiger partial charge in [0, 0.05) is 24.6 Å². The lowest BCUT2D eigenvalue weighted by Crippen LogP contribution is -2.58. The molecular weight excluding hydrogens is 468 g/mol. The van der Waals surface area contributed by atoms with Crippen molar-refractivity contribution in [3.05, 3.63) is 76.2 Å². The highest BCUT2D eigenvalue weighted by molar-refractivity contribution is 5.73. The van der Waals surface area contributed by atoms with E-state index < -0.39 is 29.4 Å². The summed E-state index contributed by atoms with van der Waals surface area (Å²) in [5.74, 6) is -3.70. The summed E-state index contributed by atoms with van der Waals surface area (Å²) in [4.78, 5) is 11.8. The molecule has 1 unspecified atom stereocenters. The van der Waals surface area contributed by atoms with Gasteiger partial charge in [-0.25, -0.2) is 8.78 Å². The van der Waals surface area contributed by atoms with E-state index in [1.54, 1.807) is 0 Å². The molecular formula is C27H31F2N3O4. The minimum absolute atomic E-state index is 0.155. The highest BCUT2D eigenvalue weighted by Gasteiger charge is 2.36. The molecule has 1 heterocycles. The molecule has 9 heteroatoms. The number of halogens is 2. The first-order valence-corrected chi connectivity index (χ1v) is 12.0. The van der Waals surface area contributed by atoms with Gasteiger partial charge in [-0.05, 0) is 80.0 Å². The van der Waals surface area contributed by atoms with Gasteiger partial charge < -0.3 is 25.4 Å². The van der Waals surface area contributed by atoms with Gasteiger partial charge in [-0.3, -0.25) is 4.79 Å². The lowest BCUT2D eigenvalue weighted by molar-refractivity contribution is -0.182. The van der Waals surface area contributed by atoms with E-state index in [1.807, 2.05) is 19.9 Å². The Bertz CT molecular complexity index is 1220. The number of carbonyl (C=O) groups excluding carboxylic acids is 1. The number of fused-ring (bicyclic) bond motifs is 1. The van der Waals surface area contributed by atoms with Crippen molar-refractivity contribution in [2.24, 2.45) is 0 Å². The highest BCUT2D eigenvalue weighted by atomic mass is 19.1. The first kappa shape index (κ1) is 25.9. The van der Waals surface area contributed by atoms with Gasteiger partial charge in [-0.1, -0.05) is 17.3 Å². The van der Waals surface area contributed by atoms with Crippen LogP contribution in [-0.2, 0) is 17.6 Å². The van der Waals surface area contributed by atoms with Crippen LogP contribution in [0.2, 0.25) is 0 Å². The van der Waals surface area contributed by atoms with Crippen molar-refractivity contribution < 1.29 is 28.3 Å². The number of benzene rings is 2. The average Bonchev–Trinajstić information content (AvgIpc) is 3.14. The number of hydrogen-bond acceptors (Lipinski definition) is 6. The Kier molecular flexibility index (Phi) is 7.54. The zero-order valence-corrected chi connectivity index (χ0v) is 20.6. The monoisotopic (exact) mass is 499 g/mol. The molecule has 4 rings (SSSR count). The molecule has 0 fully saturated rings. The molecule has 7 nitrogen and oxygen atoms in total. The largest absolute Gasteiger partial charge is 0.363 e. The van der Waals surface area contributed by atoms with E-state index in [4.69, 9.17) is 4.52 Å². The number of nitrogens with one attached hydrogen (secondary N) is 2. The van der Waals surface area contributed by atoms with Crippen LogP contribution in [0.25, 0.3) is 11.1 Å². The Morgan fingerprint density at radius 3 is 2.56 bits per heavy atom. The molecule has 0 spiro atoms. The van der Waals surface area contributed by atoms with Crippen LogP contribution < -0.4 is 10.6 Å². The van der Waals surface area contributed by atoms with Crippen molar-refractivity contribution in [3.63, 3.8) is 0 Å². The molecule has 3 aromatic rings. The summed E-state index contributed by atoms with van der Waals surface area (Å²) in [6, 6.07) is 7.80. The fraction of sp³-hybridized carbons (Fsp3) is 0.407. The summed E-state index contributed by atoms with van der Waals surface area (Å²) in [6.45, 7) is 4.73. The van der Waals surface area contributed by atoms with Gasteiger partial charge in [0.25, 0.3) is 0 Å². The number of aliphatic hydroxyl groups is 2. The third kappa shape index (κ3) is 5.80. The number of amides is 1. The normalized spacial score (nSPS) is 16.5. The van der Waals surface area contributed by atoms with Crippen molar-refractivity contribution in [2.45, 2.75) is 64.3 Å². The lowest BCUT2D eigenvalue weighted by atomic mass is 9.85. The van der Waals surface area contributed by atoms with Crippen molar-refractivity contribution in [1.82, 2.24) is 15.8 Å². The zero-order chi connectivity index (χ0) is 26.0. The summed E-state index contributed by atoms with van der Waals surface area (Å²) in [5, 5.41) is 31.7. The molecule has 36 heavy (non-hydrogen) atoms. The van der Waals surface area contributed by atoms with Gasteiger partial charge in [-0.2, -0.15) is 0 Å². The highest BCUT2D eigenvalue weighted by Crippen LogP contribution is 2.35. The predicted molar refractivity (Wildman–Crippen MR) is 130 cm³/mol. The van der Waals surface area contributed by atoms with Crippen molar-refractivity contribution >= 4 is 5.91 Å². The molecule has 192 valence electrons. The van der Waals surface area contributed by atoms with Crippen LogP contribution in [-0.4, -0.2) is 39.7 Å². The maximum atomic E-state index is 13.7. The van der Waals surface area contributed by atoms with E-state index in [2.05, 4.69) is 27.9 Å². The summed E-state index contributed by atoms with van der Waals surface area (Å²) in [7, 11) is 0. The fourth-order valence-electron chi connectivity index (χ4n) is 5.00. The van der Waals surface area contributed by atoms with E-state index in [9.17, 15) is 23.8 Å².